The van der Waals surface area contributed by atoms with Crippen LogP contribution in [0.2, 0.25) is 5.02 Å². The lowest BCUT2D eigenvalue weighted by Crippen LogP contribution is -2.32. The molecule has 5 nitrogen and oxygen atoms in total. The predicted molar refractivity (Wildman–Crippen MR) is 147 cm³/mol. The first-order valence-corrected chi connectivity index (χ1v) is 13.4. The molecule has 0 spiro atoms. The van der Waals surface area contributed by atoms with Gasteiger partial charge in [-0.1, -0.05) is 53.6 Å². The summed E-state index contributed by atoms with van der Waals surface area (Å²) in [6.07, 6.45) is 1.69. The van der Waals surface area contributed by atoms with Gasteiger partial charge in [0.1, 0.15) is 24.7 Å². The summed E-state index contributed by atoms with van der Waals surface area (Å²) in [6, 6.07) is 18.9. The van der Waals surface area contributed by atoms with E-state index in [0.717, 1.165) is 31.8 Å². The third-order valence-corrected chi connectivity index (χ3v) is 7.50. The highest BCUT2D eigenvalue weighted by molar-refractivity contribution is 9.11. The van der Waals surface area contributed by atoms with Crippen molar-refractivity contribution in [1.82, 2.24) is 4.90 Å². The second-order valence-electron chi connectivity index (χ2n) is 7.70. The van der Waals surface area contributed by atoms with E-state index in [4.69, 9.17) is 21.1 Å². The largest absolute Gasteiger partial charge is 0.490 e. The van der Waals surface area contributed by atoms with Gasteiger partial charge in [0.15, 0.2) is 0 Å². The average molecular weight is 638 g/mol. The number of amides is 2. The summed E-state index contributed by atoms with van der Waals surface area (Å²) in [6.45, 7) is 2.75. The molecule has 9 heteroatoms. The van der Waals surface area contributed by atoms with Crippen molar-refractivity contribution in [3.8, 4) is 11.5 Å². The van der Waals surface area contributed by atoms with Gasteiger partial charge in [0.25, 0.3) is 11.1 Å². The van der Waals surface area contributed by atoms with Crippen molar-refractivity contribution in [2.75, 3.05) is 13.2 Å². The summed E-state index contributed by atoms with van der Waals surface area (Å²) in [5, 5.41) is 0.143. The second-order valence-corrected chi connectivity index (χ2v) is 10.8. The van der Waals surface area contributed by atoms with Gasteiger partial charge in [-0.05, 0) is 92.0 Å². The molecule has 1 saturated heterocycles. The third-order valence-electron chi connectivity index (χ3n) is 5.10. The molecule has 180 valence electrons. The first kappa shape index (κ1) is 25.8. The molecule has 1 heterocycles. The van der Waals surface area contributed by atoms with Crippen LogP contribution in [-0.4, -0.2) is 29.2 Å². The Morgan fingerprint density at radius 2 is 1.69 bits per heavy atom. The van der Waals surface area contributed by atoms with Crippen LogP contribution >= 0.6 is 55.2 Å². The van der Waals surface area contributed by atoms with Crippen LogP contribution in [0.4, 0.5) is 4.79 Å². The van der Waals surface area contributed by atoms with Crippen LogP contribution in [0.5, 0.6) is 11.5 Å². The summed E-state index contributed by atoms with van der Waals surface area (Å²) < 4.78 is 13.1. The molecule has 0 saturated carbocycles. The molecule has 3 aromatic rings. The van der Waals surface area contributed by atoms with Gasteiger partial charge >= 0.3 is 0 Å². The van der Waals surface area contributed by atoms with Crippen LogP contribution in [0.1, 0.15) is 16.7 Å². The number of thioether (sulfide) groups is 1. The Balaban J connectivity index is 1.41. The number of carbonyl (C=O) groups is 2. The molecular formula is C26H20Br2ClNO4S. The van der Waals surface area contributed by atoms with Crippen molar-refractivity contribution >= 4 is 72.4 Å². The number of rotatable bonds is 8. The lowest BCUT2D eigenvalue weighted by Gasteiger charge is -2.14. The van der Waals surface area contributed by atoms with Gasteiger partial charge in [0.05, 0.1) is 25.4 Å². The maximum atomic E-state index is 12.8. The Morgan fingerprint density at radius 3 is 2.37 bits per heavy atom. The number of aryl methyl sites for hydroxylation is 1. The number of halogens is 3. The molecule has 0 radical (unpaired) electrons. The fourth-order valence-corrected chi connectivity index (χ4v) is 5.80. The molecule has 0 bridgehead atoms. The van der Waals surface area contributed by atoms with Gasteiger partial charge in [0, 0.05) is 0 Å². The minimum atomic E-state index is -0.352. The molecule has 2 amide bonds. The number of carbonyl (C=O) groups excluding carboxylic acids is 2. The average Bonchev–Trinajstić information content (AvgIpc) is 3.08. The number of hydrogen-bond donors (Lipinski definition) is 0. The minimum absolute atomic E-state index is 0.131. The summed E-state index contributed by atoms with van der Waals surface area (Å²) in [4.78, 5) is 26.8. The van der Waals surface area contributed by atoms with E-state index in [0.29, 0.717) is 28.0 Å². The lowest BCUT2D eigenvalue weighted by atomic mass is 10.1. The molecule has 35 heavy (non-hydrogen) atoms. The van der Waals surface area contributed by atoms with E-state index < -0.39 is 0 Å². The van der Waals surface area contributed by atoms with Crippen molar-refractivity contribution < 1.29 is 19.1 Å². The van der Waals surface area contributed by atoms with Crippen LogP contribution in [0.15, 0.2) is 74.5 Å². The molecule has 0 N–H and O–H groups in total. The molecule has 0 atom stereocenters. The molecule has 4 rings (SSSR count). The number of imide groups is 1. The van der Waals surface area contributed by atoms with Gasteiger partial charge in [-0.3, -0.25) is 14.5 Å². The molecule has 0 aromatic heterocycles. The van der Waals surface area contributed by atoms with Gasteiger partial charge < -0.3 is 9.47 Å². The highest BCUT2D eigenvalue weighted by Gasteiger charge is 2.34. The highest BCUT2D eigenvalue weighted by Crippen LogP contribution is 2.38. The summed E-state index contributed by atoms with van der Waals surface area (Å²) in [5.74, 6) is 0.818. The maximum Gasteiger partial charge on any atom is 0.293 e. The molecule has 1 aliphatic rings. The highest BCUT2D eigenvalue weighted by atomic mass is 79.9. The fraction of sp³-hybridized carbons (Fsp3) is 0.154. The first-order chi connectivity index (χ1) is 16.8. The number of nitrogens with zero attached hydrogens (tertiary/aromatic N) is 1. The first-order valence-electron chi connectivity index (χ1n) is 10.6. The number of benzene rings is 3. The summed E-state index contributed by atoms with van der Waals surface area (Å²) in [7, 11) is 0. The van der Waals surface area contributed by atoms with Crippen LogP contribution in [-0.2, 0) is 11.4 Å². The van der Waals surface area contributed by atoms with E-state index in [2.05, 4.69) is 31.9 Å². The van der Waals surface area contributed by atoms with Crippen LogP contribution in [0.3, 0.4) is 0 Å². The summed E-state index contributed by atoms with van der Waals surface area (Å²) >= 11 is 14.1. The SMILES string of the molecule is Cc1ccc(COc2c(Br)cc(/C=C3\SC(=O)N(CCOc4ccccc4Cl)C3=O)cc2Br)cc1. The topological polar surface area (TPSA) is 55.8 Å². The second kappa shape index (κ2) is 11.6. The molecule has 1 aliphatic heterocycles. The Kier molecular flexibility index (Phi) is 8.59. The summed E-state index contributed by atoms with van der Waals surface area (Å²) in [5.41, 5.74) is 3.01. The zero-order chi connectivity index (χ0) is 24.9. The quantitative estimate of drug-likeness (QED) is 0.236. The Bertz CT molecular complexity index is 1270. The van der Waals surface area contributed by atoms with Crippen molar-refractivity contribution in [1.29, 1.82) is 0 Å². The molecule has 3 aromatic carbocycles. The Labute approximate surface area is 229 Å². The fourth-order valence-electron chi connectivity index (χ4n) is 3.29. The van der Waals surface area contributed by atoms with Crippen LogP contribution in [0, 0.1) is 6.92 Å². The number of ether oxygens (including phenoxy) is 2. The van der Waals surface area contributed by atoms with Crippen LogP contribution in [0.25, 0.3) is 6.08 Å². The van der Waals surface area contributed by atoms with Gasteiger partial charge in [-0.25, -0.2) is 0 Å². The zero-order valence-electron chi connectivity index (χ0n) is 18.6. The maximum absolute atomic E-state index is 12.8. The third kappa shape index (κ3) is 6.50. The van der Waals surface area contributed by atoms with E-state index >= 15 is 0 Å². The van der Waals surface area contributed by atoms with E-state index in [1.807, 2.05) is 43.3 Å². The van der Waals surface area contributed by atoms with Crippen molar-refractivity contribution in [2.24, 2.45) is 0 Å². The van der Waals surface area contributed by atoms with Gasteiger partial charge in [-0.2, -0.15) is 0 Å². The van der Waals surface area contributed by atoms with Crippen molar-refractivity contribution in [3.05, 3.63) is 96.2 Å². The van der Waals surface area contributed by atoms with Crippen LogP contribution < -0.4 is 9.47 Å². The molecule has 1 fully saturated rings. The smallest absolute Gasteiger partial charge is 0.293 e. The van der Waals surface area contributed by atoms with Gasteiger partial charge in [0.2, 0.25) is 0 Å². The van der Waals surface area contributed by atoms with Crippen molar-refractivity contribution in [3.63, 3.8) is 0 Å². The van der Waals surface area contributed by atoms with Crippen molar-refractivity contribution in [2.45, 2.75) is 13.5 Å². The van der Waals surface area contributed by atoms with E-state index in [1.165, 1.54) is 10.5 Å². The van der Waals surface area contributed by atoms with E-state index in [9.17, 15) is 9.59 Å². The normalized spacial score (nSPS) is 14.6. The lowest BCUT2D eigenvalue weighted by molar-refractivity contribution is -0.123. The van der Waals surface area contributed by atoms with Gasteiger partial charge in [-0.15, -0.1) is 0 Å². The van der Waals surface area contributed by atoms with E-state index in [-0.39, 0.29) is 24.3 Å². The number of hydrogen-bond acceptors (Lipinski definition) is 5. The van der Waals surface area contributed by atoms with E-state index in [1.54, 1.807) is 30.3 Å². The molecular weight excluding hydrogens is 618 g/mol. The Hall–Kier alpha value is -2.26. The molecule has 0 unspecified atom stereocenters. The standard InChI is InChI=1S/C26H20Br2ClNO4S/c1-16-6-8-17(9-7-16)15-34-24-19(27)12-18(13-20(24)28)14-23-25(31)30(26(32)35-23)10-11-33-22-5-3-2-4-21(22)29/h2-9,12-14H,10-11,15H2,1H3/b23-14-. The monoisotopic (exact) mass is 635 g/mol. The number of para-hydroxylation sites is 1. The molecule has 0 aliphatic carbocycles. The Morgan fingerprint density at radius 1 is 1.00 bits per heavy atom. The zero-order valence-corrected chi connectivity index (χ0v) is 23.3. The predicted octanol–water partition coefficient (Wildman–Crippen LogP) is 7.87. The minimum Gasteiger partial charge on any atom is -0.490 e.